The molecule has 2 N–H and O–H groups in total. The number of aromatic nitrogens is 2. The van der Waals surface area contributed by atoms with E-state index in [1.807, 2.05) is 20.8 Å². The molecule has 0 bridgehead atoms. The average molecular weight is 260 g/mol. The molecule has 0 aliphatic heterocycles. The number of rotatable bonds is 4. The Labute approximate surface area is 112 Å². The number of benzene rings is 1. The predicted molar refractivity (Wildman–Crippen MR) is 75.4 cm³/mol. The van der Waals surface area contributed by atoms with Gasteiger partial charge >= 0.3 is 0 Å². The van der Waals surface area contributed by atoms with Gasteiger partial charge in [0.15, 0.2) is 0 Å². The topological polar surface area (TPSA) is 49.8 Å². The highest BCUT2D eigenvalue weighted by atomic mass is 19.1. The minimum absolute atomic E-state index is 0.298. The van der Waals surface area contributed by atoms with Crippen molar-refractivity contribution in [2.45, 2.75) is 20.8 Å². The molecule has 2 aromatic rings. The second-order valence-electron chi connectivity index (χ2n) is 4.33. The quantitative estimate of drug-likeness (QED) is 0.884. The molecule has 19 heavy (non-hydrogen) atoms. The first-order chi connectivity index (χ1) is 9.11. The molecule has 0 aliphatic carbocycles. The molecule has 0 unspecified atom stereocenters. The van der Waals surface area contributed by atoms with Gasteiger partial charge in [-0.15, -0.1) is 0 Å². The molecule has 0 radical (unpaired) electrons. The maximum Gasteiger partial charge on any atom is 0.146 e. The van der Waals surface area contributed by atoms with Gasteiger partial charge in [-0.1, -0.05) is 6.07 Å². The van der Waals surface area contributed by atoms with Crippen LogP contribution >= 0.6 is 0 Å². The van der Waals surface area contributed by atoms with Crippen molar-refractivity contribution in [1.82, 2.24) is 9.97 Å². The molecule has 0 saturated heterocycles. The number of hydrogen-bond acceptors (Lipinski definition) is 4. The second-order valence-corrected chi connectivity index (χ2v) is 4.33. The van der Waals surface area contributed by atoms with Crippen molar-refractivity contribution < 1.29 is 4.39 Å². The van der Waals surface area contributed by atoms with Crippen molar-refractivity contribution in [3.8, 4) is 0 Å². The zero-order valence-electron chi connectivity index (χ0n) is 11.3. The largest absolute Gasteiger partial charge is 0.370 e. The van der Waals surface area contributed by atoms with Crippen LogP contribution < -0.4 is 10.6 Å². The van der Waals surface area contributed by atoms with Crippen LogP contribution in [0.2, 0.25) is 0 Å². The molecular weight excluding hydrogens is 243 g/mol. The minimum atomic E-state index is -0.298. The van der Waals surface area contributed by atoms with Crippen molar-refractivity contribution in [3.05, 3.63) is 41.5 Å². The first-order valence-corrected chi connectivity index (χ1v) is 6.20. The summed E-state index contributed by atoms with van der Waals surface area (Å²) in [7, 11) is 0. The SMILES string of the molecule is CCNc1ncnc(Nc2cc(C)ccc2F)c1C. The molecule has 1 aromatic heterocycles. The molecule has 0 fully saturated rings. The van der Waals surface area contributed by atoms with Crippen molar-refractivity contribution in [2.24, 2.45) is 0 Å². The van der Waals surface area contributed by atoms with Gasteiger partial charge in [0.05, 0.1) is 5.69 Å². The molecule has 1 heterocycles. The van der Waals surface area contributed by atoms with E-state index in [2.05, 4.69) is 20.6 Å². The highest BCUT2D eigenvalue weighted by molar-refractivity contribution is 5.65. The molecule has 0 aliphatic rings. The Hall–Kier alpha value is -2.17. The summed E-state index contributed by atoms with van der Waals surface area (Å²) in [4.78, 5) is 8.31. The molecule has 4 nitrogen and oxygen atoms in total. The number of nitrogens with zero attached hydrogens (tertiary/aromatic N) is 2. The van der Waals surface area contributed by atoms with E-state index in [1.54, 1.807) is 12.1 Å². The molecule has 0 amide bonds. The molecule has 0 spiro atoms. The Morgan fingerprint density at radius 1 is 1.16 bits per heavy atom. The van der Waals surface area contributed by atoms with Gasteiger partial charge in [0.2, 0.25) is 0 Å². The maximum absolute atomic E-state index is 13.7. The summed E-state index contributed by atoms with van der Waals surface area (Å²) in [5, 5.41) is 6.16. The van der Waals surface area contributed by atoms with E-state index in [0.717, 1.165) is 23.5 Å². The van der Waals surface area contributed by atoms with Crippen molar-refractivity contribution in [3.63, 3.8) is 0 Å². The van der Waals surface area contributed by atoms with Gasteiger partial charge in [0, 0.05) is 12.1 Å². The van der Waals surface area contributed by atoms with Gasteiger partial charge in [0.1, 0.15) is 23.8 Å². The summed E-state index contributed by atoms with van der Waals surface area (Å²) in [6, 6.07) is 4.93. The number of anilines is 3. The summed E-state index contributed by atoms with van der Waals surface area (Å²) in [5.74, 6) is 1.07. The number of halogens is 1. The summed E-state index contributed by atoms with van der Waals surface area (Å²) in [5.41, 5.74) is 2.28. The third-order valence-corrected chi connectivity index (χ3v) is 2.80. The monoisotopic (exact) mass is 260 g/mol. The summed E-state index contributed by atoms with van der Waals surface area (Å²) < 4.78 is 13.7. The van der Waals surface area contributed by atoms with Crippen LogP contribution in [-0.2, 0) is 0 Å². The molecule has 5 heteroatoms. The van der Waals surface area contributed by atoms with E-state index >= 15 is 0 Å². The van der Waals surface area contributed by atoms with Crippen LogP contribution in [0.4, 0.5) is 21.7 Å². The van der Waals surface area contributed by atoms with Crippen LogP contribution in [-0.4, -0.2) is 16.5 Å². The average Bonchev–Trinajstić information content (AvgIpc) is 2.39. The minimum Gasteiger partial charge on any atom is -0.370 e. The Morgan fingerprint density at radius 2 is 1.89 bits per heavy atom. The van der Waals surface area contributed by atoms with Crippen LogP contribution in [0.15, 0.2) is 24.5 Å². The Morgan fingerprint density at radius 3 is 2.63 bits per heavy atom. The number of aryl methyl sites for hydroxylation is 1. The van der Waals surface area contributed by atoms with Crippen LogP contribution in [0.5, 0.6) is 0 Å². The zero-order valence-corrected chi connectivity index (χ0v) is 11.3. The number of hydrogen-bond donors (Lipinski definition) is 2. The normalized spacial score (nSPS) is 10.3. The van der Waals surface area contributed by atoms with E-state index in [4.69, 9.17) is 0 Å². The predicted octanol–water partition coefficient (Wildman–Crippen LogP) is 3.41. The van der Waals surface area contributed by atoms with E-state index in [-0.39, 0.29) is 5.82 Å². The first kappa shape index (κ1) is 13.3. The lowest BCUT2D eigenvalue weighted by Gasteiger charge is -2.12. The third kappa shape index (κ3) is 2.99. The van der Waals surface area contributed by atoms with Gasteiger partial charge in [-0.2, -0.15) is 0 Å². The fourth-order valence-electron chi connectivity index (χ4n) is 1.78. The molecular formula is C14H17FN4. The molecule has 0 saturated carbocycles. The summed E-state index contributed by atoms with van der Waals surface area (Å²) >= 11 is 0. The van der Waals surface area contributed by atoms with Crippen LogP contribution in [0.3, 0.4) is 0 Å². The van der Waals surface area contributed by atoms with Gasteiger partial charge in [-0.25, -0.2) is 14.4 Å². The van der Waals surface area contributed by atoms with Crippen LogP contribution in [0, 0.1) is 19.7 Å². The lowest BCUT2D eigenvalue weighted by atomic mass is 10.2. The third-order valence-electron chi connectivity index (χ3n) is 2.80. The van der Waals surface area contributed by atoms with Crippen LogP contribution in [0.1, 0.15) is 18.1 Å². The maximum atomic E-state index is 13.7. The van der Waals surface area contributed by atoms with Crippen molar-refractivity contribution >= 4 is 17.3 Å². The van der Waals surface area contributed by atoms with E-state index in [9.17, 15) is 4.39 Å². The summed E-state index contributed by atoms with van der Waals surface area (Å²) in [6.45, 7) is 6.58. The van der Waals surface area contributed by atoms with E-state index in [0.29, 0.717) is 11.5 Å². The van der Waals surface area contributed by atoms with Gasteiger partial charge in [-0.05, 0) is 38.5 Å². The van der Waals surface area contributed by atoms with Gasteiger partial charge in [-0.3, -0.25) is 0 Å². The van der Waals surface area contributed by atoms with Crippen molar-refractivity contribution in [2.75, 3.05) is 17.2 Å². The first-order valence-electron chi connectivity index (χ1n) is 6.20. The Kier molecular flexibility index (Phi) is 3.94. The smallest absolute Gasteiger partial charge is 0.146 e. The summed E-state index contributed by atoms with van der Waals surface area (Å²) in [6.07, 6.45) is 1.46. The van der Waals surface area contributed by atoms with Crippen molar-refractivity contribution in [1.29, 1.82) is 0 Å². The fraction of sp³-hybridized carbons (Fsp3) is 0.286. The lowest BCUT2D eigenvalue weighted by molar-refractivity contribution is 0.631. The standard InChI is InChI=1S/C14H17FN4/c1-4-16-13-10(3)14(18-8-17-13)19-12-7-9(2)5-6-11(12)15/h5-8H,4H2,1-3H3,(H2,16,17,18,19). The van der Waals surface area contributed by atoms with E-state index in [1.165, 1.54) is 12.4 Å². The zero-order chi connectivity index (χ0) is 13.8. The molecule has 0 atom stereocenters. The van der Waals surface area contributed by atoms with Gasteiger partial charge in [0.25, 0.3) is 0 Å². The Balaban J connectivity index is 2.33. The molecule has 1 aromatic carbocycles. The van der Waals surface area contributed by atoms with Crippen LogP contribution in [0.25, 0.3) is 0 Å². The fourth-order valence-corrected chi connectivity index (χ4v) is 1.78. The highest BCUT2D eigenvalue weighted by Crippen LogP contribution is 2.24. The molecule has 100 valence electrons. The highest BCUT2D eigenvalue weighted by Gasteiger charge is 2.09. The van der Waals surface area contributed by atoms with E-state index < -0.39 is 0 Å². The van der Waals surface area contributed by atoms with Gasteiger partial charge < -0.3 is 10.6 Å². The second kappa shape index (κ2) is 5.65. The number of nitrogens with one attached hydrogen (secondary N) is 2. The Bertz CT molecular complexity index is 584. The lowest BCUT2D eigenvalue weighted by Crippen LogP contribution is -2.06. The molecule has 2 rings (SSSR count).